The number of hydrogen-bond donors (Lipinski definition) is 2. The fourth-order valence-corrected chi connectivity index (χ4v) is 5.15. The number of piperidine rings is 1. The fraction of sp³-hybridized carbons (Fsp3) is 0.375. The number of aryl methyl sites for hydroxylation is 2. The van der Waals surface area contributed by atoms with Crippen molar-refractivity contribution in [3.8, 4) is 11.3 Å². The number of nitrogens with one attached hydrogen (secondary N) is 2. The smallest absolute Gasteiger partial charge is 0.254 e. The molecule has 0 aliphatic carbocycles. The molecule has 5 heteroatoms. The maximum Gasteiger partial charge on any atom is 0.254 e. The SMILES string of the molecule is Cc1ccc2c(c1)c(C(=O)NC1C[C@H]3CC[C@@H](C1)N3)c(-c1ccccc1)n2C.Cl. The van der Waals surface area contributed by atoms with Crippen molar-refractivity contribution < 1.29 is 4.79 Å². The molecule has 1 unspecified atom stereocenters. The van der Waals surface area contributed by atoms with Crippen LogP contribution in [0.2, 0.25) is 0 Å². The van der Waals surface area contributed by atoms with Gasteiger partial charge in [-0.05, 0) is 50.3 Å². The third-order valence-electron chi connectivity index (χ3n) is 6.44. The zero-order valence-corrected chi connectivity index (χ0v) is 17.8. The maximum atomic E-state index is 13.5. The number of hydrogen-bond acceptors (Lipinski definition) is 2. The second-order valence-electron chi connectivity index (χ2n) is 8.45. The van der Waals surface area contributed by atoms with E-state index in [0.29, 0.717) is 12.1 Å². The molecule has 3 heterocycles. The molecule has 4 nitrogen and oxygen atoms in total. The summed E-state index contributed by atoms with van der Waals surface area (Å²) in [5.74, 6) is 0.0568. The van der Waals surface area contributed by atoms with E-state index in [9.17, 15) is 4.79 Å². The summed E-state index contributed by atoms with van der Waals surface area (Å²) >= 11 is 0. The van der Waals surface area contributed by atoms with Crippen LogP contribution < -0.4 is 10.6 Å². The number of carbonyl (C=O) groups is 1. The topological polar surface area (TPSA) is 46.1 Å². The van der Waals surface area contributed by atoms with Gasteiger partial charge in [0.25, 0.3) is 5.91 Å². The highest BCUT2D eigenvalue weighted by atomic mass is 35.5. The standard InChI is InChI=1S/C24H27N3O.ClH/c1-15-8-11-21-20(12-15)22(23(27(21)2)16-6-4-3-5-7-16)24(28)26-19-13-17-9-10-18(14-19)25-17;/h3-8,11-12,17-19,25H,9-10,13-14H2,1-2H3,(H,26,28);1H/t17-,18+,19?;. The van der Waals surface area contributed by atoms with Gasteiger partial charge in [-0.15, -0.1) is 12.4 Å². The normalized spacial score (nSPS) is 23.0. The summed E-state index contributed by atoms with van der Waals surface area (Å²) in [7, 11) is 2.06. The molecule has 3 atom stereocenters. The van der Waals surface area contributed by atoms with Gasteiger partial charge < -0.3 is 15.2 Å². The van der Waals surface area contributed by atoms with E-state index in [4.69, 9.17) is 0 Å². The fourth-order valence-electron chi connectivity index (χ4n) is 5.15. The molecule has 2 bridgehead atoms. The van der Waals surface area contributed by atoms with Crippen LogP contribution in [0.3, 0.4) is 0 Å². The molecule has 2 aliphatic rings. The van der Waals surface area contributed by atoms with Crippen molar-refractivity contribution in [3.05, 3.63) is 59.7 Å². The monoisotopic (exact) mass is 409 g/mol. The van der Waals surface area contributed by atoms with Crippen LogP contribution >= 0.6 is 12.4 Å². The van der Waals surface area contributed by atoms with Crippen molar-refractivity contribution in [3.63, 3.8) is 0 Å². The molecule has 5 rings (SSSR count). The zero-order chi connectivity index (χ0) is 19.3. The van der Waals surface area contributed by atoms with Gasteiger partial charge in [0, 0.05) is 36.1 Å². The maximum absolute atomic E-state index is 13.5. The molecular weight excluding hydrogens is 382 g/mol. The average molecular weight is 410 g/mol. The van der Waals surface area contributed by atoms with Crippen LogP contribution in [0.5, 0.6) is 0 Å². The van der Waals surface area contributed by atoms with E-state index in [0.717, 1.165) is 40.6 Å². The Kier molecular flexibility index (Phi) is 5.41. The molecule has 1 amide bonds. The number of carbonyl (C=O) groups excluding carboxylic acids is 1. The molecular formula is C24H28ClN3O. The van der Waals surface area contributed by atoms with E-state index in [1.807, 2.05) is 18.2 Å². The van der Waals surface area contributed by atoms with Crippen molar-refractivity contribution in [2.45, 2.75) is 50.7 Å². The van der Waals surface area contributed by atoms with Crippen molar-refractivity contribution in [1.29, 1.82) is 0 Å². The zero-order valence-electron chi connectivity index (χ0n) is 16.9. The van der Waals surface area contributed by atoms with Crippen LogP contribution in [0, 0.1) is 6.92 Å². The molecule has 2 saturated heterocycles. The van der Waals surface area contributed by atoms with Gasteiger partial charge in [0.15, 0.2) is 0 Å². The van der Waals surface area contributed by atoms with Gasteiger partial charge in [-0.25, -0.2) is 0 Å². The Morgan fingerprint density at radius 1 is 1.07 bits per heavy atom. The van der Waals surface area contributed by atoms with Gasteiger partial charge in [-0.1, -0.05) is 42.0 Å². The minimum atomic E-state index is 0. The quantitative estimate of drug-likeness (QED) is 0.664. The van der Waals surface area contributed by atoms with Crippen LogP contribution in [0.15, 0.2) is 48.5 Å². The van der Waals surface area contributed by atoms with Crippen LogP contribution in [0.1, 0.15) is 41.6 Å². The number of nitrogens with zero attached hydrogens (tertiary/aromatic N) is 1. The molecule has 152 valence electrons. The summed E-state index contributed by atoms with van der Waals surface area (Å²) in [4.78, 5) is 13.5. The predicted molar refractivity (Wildman–Crippen MR) is 121 cm³/mol. The number of fused-ring (bicyclic) bond motifs is 3. The molecule has 0 spiro atoms. The highest BCUT2D eigenvalue weighted by Gasteiger charge is 2.35. The lowest BCUT2D eigenvalue weighted by Gasteiger charge is -2.29. The molecule has 2 aliphatic heterocycles. The number of benzene rings is 2. The van der Waals surface area contributed by atoms with E-state index in [1.165, 1.54) is 18.4 Å². The van der Waals surface area contributed by atoms with Crippen LogP contribution in [-0.2, 0) is 7.05 Å². The Labute approximate surface area is 178 Å². The van der Waals surface area contributed by atoms with Gasteiger partial charge >= 0.3 is 0 Å². The largest absolute Gasteiger partial charge is 0.349 e. The second-order valence-corrected chi connectivity index (χ2v) is 8.45. The Morgan fingerprint density at radius 3 is 2.45 bits per heavy atom. The highest BCUT2D eigenvalue weighted by Crippen LogP contribution is 2.34. The lowest BCUT2D eigenvalue weighted by Crippen LogP contribution is -2.48. The van der Waals surface area contributed by atoms with Gasteiger partial charge in [-0.2, -0.15) is 0 Å². The van der Waals surface area contributed by atoms with Gasteiger partial charge in [-0.3, -0.25) is 4.79 Å². The first kappa shape index (κ1) is 20.0. The first-order valence-corrected chi connectivity index (χ1v) is 10.3. The number of aromatic nitrogens is 1. The van der Waals surface area contributed by atoms with E-state index in [1.54, 1.807) is 0 Å². The van der Waals surface area contributed by atoms with E-state index in [-0.39, 0.29) is 24.4 Å². The Balaban J connectivity index is 0.00000205. The minimum Gasteiger partial charge on any atom is -0.349 e. The third-order valence-corrected chi connectivity index (χ3v) is 6.44. The highest BCUT2D eigenvalue weighted by molar-refractivity contribution is 6.13. The number of halogens is 1. The molecule has 0 saturated carbocycles. The van der Waals surface area contributed by atoms with Gasteiger partial charge in [0.1, 0.15) is 0 Å². The molecule has 2 N–H and O–H groups in total. The van der Waals surface area contributed by atoms with Gasteiger partial charge in [0.05, 0.1) is 11.3 Å². The summed E-state index contributed by atoms with van der Waals surface area (Å²) in [5, 5.41) is 8.07. The summed E-state index contributed by atoms with van der Waals surface area (Å²) < 4.78 is 2.16. The Bertz CT molecular complexity index is 1030. The van der Waals surface area contributed by atoms with Crippen LogP contribution in [-0.4, -0.2) is 28.6 Å². The van der Waals surface area contributed by atoms with Crippen LogP contribution in [0.25, 0.3) is 22.2 Å². The summed E-state index contributed by atoms with van der Waals surface area (Å²) in [6.07, 6.45) is 4.54. The van der Waals surface area contributed by atoms with Crippen molar-refractivity contribution in [2.75, 3.05) is 0 Å². The lowest BCUT2D eigenvalue weighted by molar-refractivity contribution is 0.0926. The van der Waals surface area contributed by atoms with E-state index < -0.39 is 0 Å². The van der Waals surface area contributed by atoms with Crippen molar-refractivity contribution in [1.82, 2.24) is 15.2 Å². The van der Waals surface area contributed by atoms with Crippen molar-refractivity contribution in [2.24, 2.45) is 7.05 Å². The molecule has 2 fully saturated rings. The summed E-state index contributed by atoms with van der Waals surface area (Å²) in [5.41, 5.74) is 5.15. The minimum absolute atomic E-state index is 0. The summed E-state index contributed by atoms with van der Waals surface area (Å²) in [6, 6.07) is 18.0. The predicted octanol–water partition coefficient (Wildman–Crippen LogP) is 4.59. The lowest BCUT2D eigenvalue weighted by atomic mass is 9.98. The van der Waals surface area contributed by atoms with Gasteiger partial charge in [0.2, 0.25) is 0 Å². The van der Waals surface area contributed by atoms with E-state index >= 15 is 0 Å². The molecule has 3 aromatic rings. The molecule has 0 radical (unpaired) electrons. The van der Waals surface area contributed by atoms with E-state index in [2.05, 4.69) is 59.5 Å². The second kappa shape index (κ2) is 7.85. The Morgan fingerprint density at radius 2 is 1.76 bits per heavy atom. The third kappa shape index (κ3) is 3.56. The average Bonchev–Trinajstić information content (AvgIpc) is 3.18. The van der Waals surface area contributed by atoms with Crippen molar-refractivity contribution >= 4 is 29.2 Å². The Hall–Kier alpha value is -2.30. The van der Waals surface area contributed by atoms with Crippen LogP contribution in [0.4, 0.5) is 0 Å². The first-order valence-electron chi connectivity index (χ1n) is 10.3. The molecule has 1 aromatic heterocycles. The molecule has 2 aromatic carbocycles. The number of rotatable bonds is 3. The number of amides is 1. The first-order chi connectivity index (χ1) is 13.6. The molecule has 29 heavy (non-hydrogen) atoms. The summed E-state index contributed by atoms with van der Waals surface area (Å²) in [6.45, 7) is 2.08.